The Balaban J connectivity index is 2.08. The van der Waals surface area contributed by atoms with Gasteiger partial charge in [0.2, 0.25) is 0 Å². The summed E-state index contributed by atoms with van der Waals surface area (Å²) in [7, 11) is 0. The van der Waals surface area contributed by atoms with Gasteiger partial charge in [0.1, 0.15) is 11.7 Å². The average molecular weight is 246 g/mol. The lowest BCUT2D eigenvalue weighted by Crippen LogP contribution is -2.22. The van der Waals surface area contributed by atoms with E-state index in [9.17, 15) is 9.18 Å². The average Bonchev–Trinajstić information content (AvgIpc) is 2.91. The number of nitrogens with zero attached hydrogens (tertiary/aromatic N) is 2. The van der Waals surface area contributed by atoms with Crippen molar-refractivity contribution in [3.05, 3.63) is 29.8 Å². The Hall–Kier alpha value is -1.76. The predicted octanol–water partition coefficient (Wildman–Crippen LogP) is 2.66. The van der Waals surface area contributed by atoms with Crippen LogP contribution in [0.2, 0.25) is 0 Å². The van der Waals surface area contributed by atoms with Crippen LogP contribution >= 0.6 is 0 Å². The molecule has 0 aromatic carbocycles. The number of Topliss-reactive ketones (excluding diaryl/α,β-unsaturated/α-hetero) is 1. The van der Waals surface area contributed by atoms with Crippen molar-refractivity contribution in [1.29, 1.82) is 5.26 Å². The lowest BCUT2D eigenvalue weighted by molar-refractivity contribution is -0.125. The normalized spacial score (nSPS) is 17.3. The summed E-state index contributed by atoms with van der Waals surface area (Å²) >= 11 is 0. The lowest BCUT2D eigenvalue weighted by Gasteiger charge is -2.13. The van der Waals surface area contributed by atoms with Crippen LogP contribution in [-0.2, 0) is 11.2 Å². The van der Waals surface area contributed by atoms with Crippen LogP contribution in [0.5, 0.6) is 0 Å². The summed E-state index contributed by atoms with van der Waals surface area (Å²) in [4.78, 5) is 15.8. The van der Waals surface area contributed by atoms with Gasteiger partial charge in [0.05, 0.1) is 12.3 Å². The van der Waals surface area contributed by atoms with Crippen LogP contribution < -0.4 is 0 Å². The summed E-state index contributed by atoms with van der Waals surface area (Å²) in [6.07, 6.45) is 6.60. The van der Waals surface area contributed by atoms with Gasteiger partial charge in [-0.1, -0.05) is 12.8 Å². The molecule has 1 unspecified atom stereocenters. The molecule has 4 heteroatoms. The number of pyridine rings is 1. The number of carbonyl (C=O) groups is 1. The van der Waals surface area contributed by atoms with Gasteiger partial charge in [-0.05, 0) is 30.9 Å². The molecule has 1 aromatic heterocycles. The molecule has 1 fully saturated rings. The first kappa shape index (κ1) is 12.7. The zero-order chi connectivity index (χ0) is 13.0. The highest BCUT2D eigenvalue weighted by atomic mass is 19.1. The Kier molecular flexibility index (Phi) is 4.03. The molecule has 1 heterocycles. The monoisotopic (exact) mass is 246 g/mol. The van der Waals surface area contributed by atoms with Crippen LogP contribution in [0.1, 0.15) is 31.2 Å². The fourth-order valence-electron chi connectivity index (χ4n) is 2.49. The molecule has 0 aliphatic heterocycles. The molecule has 1 aliphatic carbocycles. The number of hydrogen-bond donors (Lipinski definition) is 0. The molecular weight excluding hydrogens is 231 g/mol. The molecule has 2 rings (SSSR count). The minimum absolute atomic E-state index is 0.000418. The number of hydrogen-bond acceptors (Lipinski definition) is 3. The summed E-state index contributed by atoms with van der Waals surface area (Å²) in [5.41, 5.74) is 0.392. The smallest absolute Gasteiger partial charge is 0.153 e. The van der Waals surface area contributed by atoms with Gasteiger partial charge in [-0.25, -0.2) is 4.39 Å². The maximum atomic E-state index is 13.4. The molecule has 1 aliphatic rings. The zero-order valence-electron chi connectivity index (χ0n) is 10.1. The SMILES string of the molecule is N#CC(Cc1ccncc1F)C(=O)C1CCCC1. The highest BCUT2D eigenvalue weighted by molar-refractivity contribution is 5.86. The van der Waals surface area contributed by atoms with E-state index in [1.54, 1.807) is 0 Å². The van der Waals surface area contributed by atoms with Crippen LogP contribution in [0.25, 0.3) is 0 Å². The highest BCUT2D eigenvalue weighted by Gasteiger charge is 2.29. The maximum absolute atomic E-state index is 13.4. The number of rotatable bonds is 4. The summed E-state index contributed by atoms with van der Waals surface area (Å²) in [6.45, 7) is 0. The van der Waals surface area contributed by atoms with Crippen molar-refractivity contribution in [3.8, 4) is 6.07 Å². The van der Waals surface area contributed by atoms with E-state index in [0.29, 0.717) is 5.56 Å². The van der Waals surface area contributed by atoms with E-state index < -0.39 is 11.7 Å². The van der Waals surface area contributed by atoms with Crippen LogP contribution in [0.3, 0.4) is 0 Å². The Labute approximate surface area is 106 Å². The predicted molar refractivity (Wildman–Crippen MR) is 64.0 cm³/mol. The van der Waals surface area contributed by atoms with Crippen molar-refractivity contribution in [2.45, 2.75) is 32.1 Å². The van der Waals surface area contributed by atoms with Crippen molar-refractivity contribution in [3.63, 3.8) is 0 Å². The molecule has 0 saturated heterocycles. The van der Waals surface area contributed by atoms with E-state index in [1.165, 1.54) is 12.3 Å². The van der Waals surface area contributed by atoms with Crippen LogP contribution in [0.15, 0.2) is 18.5 Å². The number of ketones is 1. The first-order chi connectivity index (χ1) is 8.72. The van der Waals surface area contributed by atoms with Gasteiger partial charge in [-0.15, -0.1) is 0 Å². The van der Waals surface area contributed by atoms with E-state index in [0.717, 1.165) is 31.9 Å². The molecule has 1 atom stereocenters. The van der Waals surface area contributed by atoms with E-state index in [-0.39, 0.29) is 18.1 Å². The quantitative estimate of drug-likeness (QED) is 0.820. The molecule has 94 valence electrons. The highest BCUT2D eigenvalue weighted by Crippen LogP contribution is 2.28. The van der Waals surface area contributed by atoms with Crippen molar-refractivity contribution >= 4 is 5.78 Å². The van der Waals surface area contributed by atoms with Gasteiger partial charge in [0, 0.05) is 12.1 Å². The van der Waals surface area contributed by atoms with Gasteiger partial charge in [0.25, 0.3) is 0 Å². The standard InChI is InChI=1S/C14H15FN2O/c15-13-9-17-6-5-11(13)7-12(8-16)14(18)10-3-1-2-4-10/h5-6,9-10,12H,1-4,7H2. The van der Waals surface area contributed by atoms with Gasteiger partial charge < -0.3 is 0 Å². The second-order valence-corrected chi connectivity index (χ2v) is 4.74. The maximum Gasteiger partial charge on any atom is 0.153 e. The van der Waals surface area contributed by atoms with E-state index in [2.05, 4.69) is 4.98 Å². The molecule has 1 saturated carbocycles. The molecule has 1 aromatic rings. The Morgan fingerprint density at radius 3 is 2.89 bits per heavy atom. The topological polar surface area (TPSA) is 53.8 Å². The third-order valence-electron chi connectivity index (χ3n) is 3.54. The first-order valence-corrected chi connectivity index (χ1v) is 6.24. The third kappa shape index (κ3) is 2.73. The summed E-state index contributed by atoms with van der Waals surface area (Å²) < 4.78 is 13.4. The minimum Gasteiger partial charge on any atom is -0.298 e. The van der Waals surface area contributed by atoms with Crippen LogP contribution in [-0.4, -0.2) is 10.8 Å². The van der Waals surface area contributed by atoms with Gasteiger partial charge in [0.15, 0.2) is 5.78 Å². The number of aromatic nitrogens is 1. The lowest BCUT2D eigenvalue weighted by atomic mass is 9.88. The summed E-state index contributed by atoms with van der Waals surface area (Å²) in [6, 6.07) is 3.55. The first-order valence-electron chi connectivity index (χ1n) is 6.24. The molecule has 0 N–H and O–H groups in total. The Bertz CT molecular complexity index is 475. The molecule has 0 spiro atoms. The van der Waals surface area contributed by atoms with E-state index in [1.807, 2.05) is 6.07 Å². The summed E-state index contributed by atoms with van der Waals surface area (Å²) in [5.74, 6) is -1.20. The summed E-state index contributed by atoms with van der Waals surface area (Å²) in [5, 5.41) is 9.10. The molecule has 0 bridgehead atoms. The molecule has 0 amide bonds. The minimum atomic E-state index is -0.731. The Morgan fingerprint density at radius 1 is 1.56 bits per heavy atom. The second kappa shape index (κ2) is 5.72. The van der Waals surface area contributed by atoms with E-state index >= 15 is 0 Å². The fourth-order valence-corrected chi connectivity index (χ4v) is 2.49. The Morgan fingerprint density at radius 2 is 2.28 bits per heavy atom. The van der Waals surface area contributed by atoms with Crippen LogP contribution in [0, 0.1) is 29.0 Å². The van der Waals surface area contributed by atoms with Crippen molar-refractivity contribution in [1.82, 2.24) is 4.98 Å². The fraction of sp³-hybridized carbons (Fsp3) is 0.500. The van der Waals surface area contributed by atoms with Crippen molar-refractivity contribution < 1.29 is 9.18 Å². The number of halogens is 1. The second-order valence-electron chi connectivity index (χ2n) is 4.74. The van der Waals surface area contributed by atoms with Crippen molar-refractivity contribution in [2.24, 2.45) is 11.8 Å². The third-order valence-corrected chi connectivity index (χ3v) is 3.54. The molecule has 3 nitrogen and oxygen atoms in total. The van der Waals surface area contributed by atoms with Gasteiger partial charge in [-0.3, -0.25) is 9.78 Å². The van der Waals surface area contributed by atoms with Gasteiger partial charge >= 0.3 is 0 Å². The van der Waals surface area contributed by atoms with Gasteiger partial charge in [-0.2, -0.15) is 5.26 Å². The zero-order valence-corrected chi connectivity index (χ0v) is 10.1. The molecule has 0 radical (unpaired) electrons. The number of carbonyl (C=O) groups excluding carboxylic acids is 1. The molecule has 18 heavy (non-hydrogen) atoms. The van der Waals surface area contributed by atoms with Crippen LogP contribution in [0.4, 0.5) is 4.39 Å². The largest absolute Gasteiger partial charge is 0.298 e. The number of nitriles is 1. The van der Waals surface area contributed by atoms with Crippen molar-refractivity contribution in [2.75, 3.05) is 0 Å². The molecular formula is C14H15FN2O. The van der Waals surface area contributed by atoms with E-state index in [4.69, 9.17) is 5.26 Å².